The Morgan fingerprint density at radius 2 is 1.38 bits per heavy atom. The van der Waals surface area contributed by atoms with E-state index in [0.717, 1.165) is 43.8 Å². The summed E-state index contributed by atoms with van der Waals surface area (Å²) in [7, 11) is 2.65. The van der Waals surface area contributed by atoms with Gasteiger partial charge in [0.1, 0.15) is 5.41 Å². The van der Waals surface area contributed by atoms with E-state index in [9.17, 15) is 9.59 Å². The zero-order valence-corrected chi connectivity index (χ0v) is 13.8. The first-order chi connectivity index (χ1) is 9.99. The van der Waals surface area contributed by atoms with Gasteiger partial charge in [-0.3, -0.25) is 9.59 Å². The quantitative estimate of drug-likeness (QED) is 0.341. The molecule has 0 saturated carbocycles. The molecule has 6 heteroatoms. The van der Waals surface area contributed by atoms with Crippen molar-refractivity contribution in [2.75, 3.05) is 14.2 Å². The maximum Gasteiger partial charge on any atom is 0.288 e. The summed E-state index contributed by atoms with van der Waals surface area (Å²) >= 11 is 0. The van der Waals surface area contributed by atoms with Crippen LogP contribution in [0.5, 0.6) is 0 Å². The predicted molar refractivity (Wildman–Crippen MR) is 80.8 cm³/mol. The Morgan fingerprint density at radius 3 is 1.67 bits per heavy atom. The molecule has 0 aliphatic rings. The highest BCUT2D eigenvalue weighted by atomic mass is 16.9. The molecule has 0 unspecified atom stereocenters. The molecule has 0 bridgehead atoms. The van der Waals surface area contributed by atoms with E-state index in [2.05, 4.69) is 13.8 Å². The highest BCUT2D eigenvalue weighted by Crippen LogP contribution is 2.34. The molecule has 21 heavy (non-hydrogen) atoms. The van der Waals surface area contributed by atoms with Gasteiger partial charge in [-0.2, -0.15) is 0 Å². The molecule has 6 nitrogen and oxygen atoms in total. The van der Waals surface area contributed by atoms with Gasteiger partial charge < -0.3 is 5.73 Å². The number of nitrogens with two attached hydrogens (primary N) is 1. The van der Waals surface area contributed by atoms with E-state index in [1.807, 2.05) is 0 Å². The van der Waals surface area contributed by atoms with E-state index in [4.69, 9.17) is 15.4 Å². The van der Waals surface area contributed by atoms with E-state index < -0.39 is 17.2 Å². The molecule has 0 saturated heterocycles. The molecule has 0 aromatic rings. The van der Waals surface area contributed by atoms with Crippen molar-refractivity contribution in [1.29, 1.82) is 0 Å². The first-order valence-corrected chi connectivity index (χ1v) is 7.72. The van der Waals surface area contributed by atoms with Gasteiger partial charge in [0.05, 0.1) is 14.2 Å². The average Bonchev–Trinajstić information content (AvgIpc) is 2.46. The van der Waals surface area contributed by atoms with E-state index >= 15 is 0 Å². The van der Waals surface area contributed by atoms with E-state index in [-0.39, 0.29) is 0 Å². The summed E-state index contributed by atoms with van der Waals surface area (Å²) in [6.07, 6.45) is 6.35. The summed E-state index contributed by atoms with van der Waals surface area (Å²) in [5, 5.41) is 0.753. The third-order valence-corrected chi connectivity index (χ3v) is 3.79. The van der Waals surface area contributed by atoms with Crippen LogP contribution in [0.2, 0.25) is 0 Å². The average molecular weight is 302 g/mol. The van der Waals surface area contributed by atoms with Gasteiger partial charge in [0.2, 0.25) is 5.91 Å². The Kier molecular flexibility index (Phi) is 9.99. The van der Waals surface area contributed by atoms with Gasteiger partial charge in [-0.1, -0.05) is 57.6 Å². The molecule has 124 valence electrons. The fourth-order valence-electron chi connectivity index (χ4n) is 2.46. The van der Waals surface area contributed by atoms with Crippen molar-refractivity contribution in [3.63, 3.8) is 0 Å². The minimum atomic E-state index is -1.24. The second kappa shape index (κ2) is 10.6. The van der Waals surface area contributed by atoms with Gasteiger partial charge in [0, 0.05) is 0 Å². The fourth-order valence-corrected chi connectivity index (χ4v) is 2.46. The number of hydrogen-bond donors (Lipinski definition) is 1. The molecule has 2 amide bonds. The normalized spacial score (nSPS) is 11.4. The first kappa shape index (κ1) is 19.9. The molecule has 2 N–H and O–H groups in total. The number of hydroxylamine groups is 2. The molecular weight excluding hydrogens is 272 g/mol. The summed E-state index contributed by atoms with van der Waals surface area (Å²) in [4.78, 5) is 34.5. The maximum absolute atomic E-state index is 12.6. The lowest BCUT2D eigenvalue weighted by molar-refractivity contribution is -0.322. The highest BCUT2D eigenvalue weighted by molar-refractivity contribution is 6.03. The monoisotopic (exact) mass is 302 g/mol. The zero-order valence-electron chi connectivity index (χ0n) is 13.8. The number of primary amides is 1. The maximum atomic E-state index is 12.6. The third-order valence-electron chi connectivity index (χ3n) is 3.79. The van der Waals surface area contributed by atoms with Crippen molar-refractivity contribution in [2.45, 2.75) is 65.2 Å². The largest absolute Gasteiger partial charge is 0.369 e. The number of nitrogens with zero attached hydrogens (tertiary/aromatic N) is 1. The first-order valence-electron chi connectivity index (χ1n) is 7.72. The van der Waals surface area contributed by atoms with Gasteiger partial charge in [0.15, 0.2) is 0 Å². The minimum absolute atomic E-state index is 0.432. The molecule has 0 radical (unpaired) electrons. The Balaban J connectivity index is 5.23. The SMILES string of the molecule is CCCCCC(CCCCC)(C(N)=O)C(=O)N(OC)OC. The summed E-state index contributed by atoms with van der Waals surface area (Å²) in [5.74, 6) is -1.11. The highest BCUT2D eigenvalue weighted by Gasteiger charge is 2.46. The molecule has 0 aliphatic heterocycles. The zero-order chi connectivity index (χ0) is 16.3. The van der Waals surface area contributed by atoms with Crippen LogP contribution in [0, 0.1) is 5.41 Å². The van der Waals surface area contributed by atoms with Gasteiger partial charge in [0.25, 0.3) is 5.91 Å². The number of carbonyl (C=O) groups excluding carboxylic acids is 2. The van der Waals surface area contributed by atoms with E-state index in [1.54, 1.807) is 0 Å². The van der Waals surface area contributed by atoms with Crippen LogP contribution in [0.1, 0.15) is 65.2 Å². The summed E-state index contributed by atoms with van der Waals surface area (Å²) < 4.78 is 0. The van der Waals surface area contributed by atoms with Crippen LogP contribution in [0.15, 0.2) is 0 Å². The molecule has 0 aromatic carbocycles. The van der Waals surface area contributed by atoms with Crippen molar-refractivity contribution >= 4 is 11.8 Å². The summed E-state index contributed by atoms with van der Waals surface area (Å²) in [6.45, 7) is 4.14. The van der Waals surface area contributed by atoms with Crippen molar-refractivity contribution in [3.8, 4) is 0 Å². The van der Waals surface area contributed by atoms with Crippen LogP contribution in [-0.4, -0.2) is 31.3 Å². The molecule has 0 atom stereocenters. The Hall–Kier alpha value is -1.14. The van der Waals surface area contributed by atoms with Crippen molar-refractivity contribution < 1.29 is 19.3 Å². The number of hydrogen-bond acceptors (Lipinski definition) is 4. The van der Waals surface area contributed by atoms with Crippen molar-refractivity contribution in [2.24, 2.45) is 11.1 Å². The fraction of sp³-hybridized carbons (Fsp3) is 0.867. The van der Waals surface area contributed by atoms with E-state index in [1.165, 1.54) is 14.2 Å². The topological polar surface area (TPSA) is 81.9 Å². The number of carbonyl (C=O) groups is 2. The van der Waals surface area contributed by atoms with Crippen molar-refractivity contribution in [1.82, 2.24) is 5.23 Å². The van der Waals surface area contributed by atoms with Crippen LogP contribution < -0.4 is 5.73 Å². The number of unbranched alkanes of at least 4 members (excludes halogenated alkanes) is 4. The summed E-state index contributed by atoms with van der Waals surface area (Å²) in [5.41, 5.74) is 4.35. The molecule has 0 aliphatic carbocycles. The second-order valence-corrected chi connectivity index (χ2v) is 5.29. The number of amides is 2. The molecule has 0 rings (SSSR count). The summed E-state index contributed by atoms with van der Waals surface area (Å²) in [6, 6.07) is 0. The Bertz CT molecular complexity index is 307. The standard InChI is InChI=1S/C15H30N2O4/c1-5-7-9-11-15(13(16)18,12-10-8-6-2)14(19)17(20-3)21-4/h5-12H2,1-4H3,(H2,16,18). The van der Waals surface area contributed by atoms with Crippen LogP contribution in [0.4, 0.5) is 0 Å². The molecule has 0 spiro atoms. The lowest BCUT2D eigenvalue weighted by Gasteiger charge is -2.32. The van der Waals surface area contributed by atoms with E-state index in [0.29, 0.717) is 12.8 Å². The Morgan fingerprint density at radius 1 is 0.952 bits per heavy atom. The van der Waals surface area contributed by atoms with Gasteiger partial charge in [-0.25, -0.2) is 9.68 Å². The molecule has 0 aromatic heterocycles. The Labute approximate surface area is 127 Å². The second-order valence-electron chi connectivity index (χ2n) is 5.29. The molecular formula is C15H30N2O4. The molecule has 0 fully saturated rings. The van der Waals surface area contributed by atoms with Crippen molar-refractivity contribution in [3.05, 3.63) is 0 Å². The van der Waals surface area contributed by atoms with Crippen LogP contribution in [-0.2, 0) is 19.3 Å². The molecule has 0 heterocycles. The van der Waals surface area contributed by atoms with Crippen LogP contribution >= 0.6 is 0 Å². The minimum Gasteiger partial charge on any atom is -0.369 e. The smallest absolute Gasteiger partial charge is 0.288 e. The lowest BCUT2D eigenvalue weighted by Crippen LogP contribution is -2.51. The van der Waals surface area contributed by atoms with Gasteiger partial charge in [-0.05, 0) is 12.8 Å². The van der Waals surface area contributed by atoms with Gasteiger partial charge >= 0.3 is 0 Å². The van der Waals surface area contributed by atoms with Gasteiger partial charge in [-0.15, -0.1) is 0 Å². The predicted octanol–water partition coefficient (Wildman–Crippen LogP) is 2.57. The third kappa shape index (κ3) is 5.63. The van der Waals surface area contributed by atoms with Crippen LogP contribution in [0.3, 0.4) is 0 Å². The lowest BCUT2D eigenvalue weighted by atomic mass is 9.76. The number of rotatable bonds is 12. The van der Waals surface area contributed by atoms with Crippen LogP contribution in [0.25, 0.3) is 0 Å².